The van der Waals surface area contributed by atoms with Crippen LogP contribution in [0, 0.1) is 12.7 Å². The van der Waals surface area contributed by atoms with E-state index in [1.54, 1.807) is 4.52 Å². The average molecular weight is 468 g/mol. The zero-order valence-electron chi connectivity index (χ0n) is 17.8. The van der Waals surface area contributed by atoms with E-state index in [2.05, 4.69) is 20.1 Å². The number of carbonyl (C=O) groups excluding carboxylic acids is 1. The smallest absolute Gasteiger partial charge is 0.261 e. The maximum atomic E-state index is 13.3. The number of rotatable bonds is 8. The van der Waals surface area contributed by atoms with E-state index in [0.29, 0.717) is 12.1 Å². The number of hydrogen-bond acceptors (Lipinski definition) is 5. The van der Waals surface area contributed by atoms with E-state index in [4.69, 9.17) is 0 Å². The lowest BCUT2D eigenvalue weighted by atomic mass is 10.1. The average Bonchev–Trinajstić information content (AvgIpc) is 3.16. The molecule has 0 bridgehead atoms. The second-order valence-corrected chi connectivity index (χ2v) is 9.23. The third-order valence-electron chi connectivity index (χ3n) is 4.92. The first kappa shape index (κ1) is 22.4. The Bertz CT molecular complexity index is 1400. The number of halogens is 1. The molecule has 0 aliphatic heterocycles. The maximum Gasteiger partial charge on any atom is 0.261 e. The lowest BCUT2D eigenvalue weighted by Crippen LogP contribution is -2.24. The molecule has 2 N–H and O–H groups in total. The fourth-order valence-corrected chi connectivity index (χ4v) is 4.39. The fourth-order valence-electron chi connectivity index (χ4n) is 3.30. The molecule has 1 amide bonds. The van der Waals surface area contributed by atoms with Gasteiger partial charge in [-0.1, -0.05) is 6.07 Å². The molecule has 0 aliphatic rings. The third-order valence-corrected chi connectivity index (χ3v) is 6.30. The second-order valence-electron chi connectivity index (χ2n) is 7.55. The lowest BCUT2D eigenvalue weighted by Gasteiger charge is -2.09. The number of nitrogens with zero attached hydrogens (tertiary/aromatic N) is 3. The highest BCUT2D eigenvalue weighted by Crippen LogP contribution is 2.17. The maximum absolute atomic E-state index is 13.3. The van der Waals surface area contributed by atoms with Crippen LogP contribution in [0.5, 0.6) is 0 Å². The number of benzene rings is 2. The van der Waals surface area contributed by atoms with Crippen LogP contribution in [0.3, 0.4) is 0 Å². The molecular formula is C23H22FN5O3S. The molecule has 4 rings (SSSR count). The minimum absolute atomic E-state index is 0.179. The third kappa shape index (κ3) is 5.53. The van der Waals surface area contributed by atoms with E-state index >= 15 is 0 Å². The van der Waals surface area contributed by atoms with Crippen molar-refractivity contribution in [1.29, 1.82) is 0 Å². The number of hydrogen-bond donors (Lipinski definition) is 2. The molecule has 4 aromatic rings. The minimum Gasteiger partial charge on any atom is -0.352 e. The van der Waals surface area contributed by atoms with Gasteiger partial charge in [0.2, 0.25) is 0 Å². The molecule has 0 atom stereocenters. The Labute approximate surface area is 190 Å². The molecule has 0 unspecified atom stereocenters. The standard InChI is InChI=1S/C23H22FN5O3S/c1-16-12-22-26-14-17(15-29(22)27-16)4-3-11-25-23(30)18-7-9-20(10-8-18)28-33(31,32)21-6-2-5-19(24)13-21/h2,5-10,12-15,28H,3-4,11H2,1H3,(H,25,30). The number of sulfonamides is 1. The van der Waals surface area contributed by atoms with Gasteiger partial charge < -0.3 is 5.32 Å². The summed E-state index contributed by atoms with van der Waals surface area (Å²) in [5.74, 6) is -0.899. The van der Waals surface area contributed by atoms with Crippen molar-refractivity contribution < 1.29 is 17.6 Å². The first-order valence-electron chi connectivity index (χ1n) is 10.3. The normalized spacial score (nSPS) is 11.5. The summed E-state index contributed by atoms with van der Waals surface area (Å²) < 4.78 is 42.2. The quantitative estimate of drug-likeness (QED) is 0.387. The predicted molar refractivity (Wildman–Crippen MR) is 122 cm³/mol. The van der Waals surface area contributed by atoms with E-state index in [1.807, 2.05) is 25.4 Å². The topological polar surface area (TPSA) is 105 Å². The van der Waals surface area contributed by atoms with Gasteiger partial charge in [-0.25, -0.2) is 22.3 Å². The van der Waals surface area contributed by atoms with Gasteiger partial charge in [0.15, 0.2) is 5.65 Å². The number of amides is 1. The van der Waals surface area contributed by atoms with Crippen LogP contribution in [0.1, 0.15) is 28.0 Å². The van der Waals surface area contributed by atoms with Crippen molar-refractivity contribution in [3.63, 3.8) is 0 Å². The van der Waals surface area contributed by atoms with Gasteiger partial charge >= 0.3 is 0 Å². The van der Waals surface area contributed by atoms with Gasteiger partial charge in [-0.05, 0) is 67.8 Å². The van der Waals surface area contributed by atoms with Crippen LogP contribution in [-0.2, 0) is 16.4 Å². The first-order chi connectivity index (χ1) is 15.8. The number of carbonyl (C=O) groups is 1. The van der Waals surface area contributed by atoms with Crippen LogP contribution in [-0.4, -0.2) is 35.5 Å². The van der Waals surface area contributed by atoms with Gasteiger partial charge in [0.25, 0.3) is 15.9 Å². The van der Waals surface area contributed by atoms with Gasteiger partial charge in [0, 0.05) is 36.3 Å². The van der Waals surface area contributed by atoms with Crippen LogP contribution in [0.25, 0.3) is 5.65 Å². The van der Waals surface area contributed by atoms with E-state index in [9.17, 15) is 17.6 Å². The molecule has 0 spiro atoms. The molecule has 0 saturated heterocycles. The first-order valence-corrected chi connectivity index (χ1v) is 11.8. The highest BCUT2D eigenvalue weighted by atomic mass is 32.2. The Hall–Kier alpha value is -3.79. The lowest BCUT2D eigenvalue weighted by molar-refractivity contribution is 0.0953. The highest BCUT2D eigenvalue weighted by molar-refractivity contribution is 7.92. The van der Waals surface area contributed by atoms with Crippen LogP contribution in [0.15, 0.2) is 71.9 Å². The fraction of sp³-hybridized carbons (Fsp3) is 0.174. The number of anilines is 1. The van der Waals surface area contributed by atoms with Crippen molar-refractivity contribution in [3.05, 3.63) is 89.6 Å². The van der Waals surface area contributed by atoms with Crippen molar-refractivity contribution in [1.82, 2.24) is 19.9 Å². The summed E-state index contributed by atoms with van der Waals surface area (Å²) in [7, 11) is -3.93. The van der Waals surface area contributed by atoms with Crippen LogP contribution < -0.4 is 10.0 Å². The van der Waals surface area contributed by atoms with Gasteiger partial charge in [-0.15, -0.1) is 0 Å². The minimum atomic E-state index is -3.93. The van der Waals surface area contributed by atoms with Gasteiger partial charge in [0.05, 0.1) is 10.6 Å². The number of nitrogens with one attached hydrogen (secondary N) is 2. The number of fused-ring (bicyclic) bond motifs is 1. The molecule has 10 heteroatoms. The molecule has 8 nitrogen and oxygen atoms in total. The summed E-state index contributed by atoms with van der Waals surface area (Å²) in [6.07, 6.45) is 5.20. The molecule has 33 heavy (non-hydrogen) atoms. The van der Waals surface area contributed by atoms with Crippen LogP contribution in [0.2, 0.25) is 0 Å². The second kappa shape index (κ2) is 9.37. The summed E-state index contributed by atoms with van der Waals surface area (Å²) >= 11 is 0. The molecule has 2 aromatic heterocycles. The SMILES string of the molecule is Cc1cc2ncc(CCCNC(=O)c3ccc(NS(=O)(=O)c4cccc(F)c4)cc3)cn2n1. The van der Waals surface area contributed by atoms with Gasteiger partial charge in [-0.3, -0.25) is 9.52 Å². The summed E-state index contributed by atoms with van der Waals surface area (Å²) in [5, 5.41) is 7.19. The molecular weight excluding hydrogens is 445 g/mol. The Kier molecular flexibility index (Phi) is 6.36. The van der Waals surface area contributed by atoms with Crippen LogP contribution >= 0.6 is 0 Å². The Morgan fingerprint density at radius 1 is 1.12 bits per heavy atom. The Balaban J connectivity index is 1.29. The Morgan fingerprint density at radius 2 is 1.91 bits per heavy atom. The molecule has 0 saturated carbocycles. The van der Waals surface area contributed by atoms with Crippen molar-refractivity contribution >= 4 is 27.3 Å². The zero-order valence-corrected chi connectivity index (χ0v) is 18.6. The Morgan fingerprint density at radius 3 is 2.67 bits per heavy atom. The predicted octanol–water partition coefficient (Wildman–Crippen LogP) is 3.34. The van der Waals surface area contributed by atoms with Crippen LogP contribution in [0.4, 0.5) is 10.1 Å². The molecule has 0 fully saturated rings. The largest absolute Gasteiger partial charge is 0.352 e. The van der Waals surface area contributed by atoms with E-state index < -0.39 is 15.8 Å². The van der Waals surface area contributed by atoms with E-state index in [0.717, 1.165) is 35.8 Å². The number of aryl methyl sites for hydroxylation is 2. The van der Waals surface area contributed by atoms with Crippen molar-refractivity contribution in [2.75, 3.05) is 11.3 Å². The van der Waals surface area contributed by atoms with Crippen molar-refractivity contribution in [3.8, 4) is 0 Å². The van der Waals surface area contributed by atoms with Gasteiger partial charge in [0.1, 0.15) is 5.82 Å². The molecule has 170 valence electrons. The summed E-state index contributed by atoms with van der Waals surface area (Å²) in [6, 6.07) is 12.7. The number of aromatic nitrogens is 3. The molecule has 2 aromatic carbocycles. The van der Waals surface area contributed by atoms with E-state index in [-0.39, 0.29) is 16.5 Å². The molecule has 0 radical (unpaired) electrons. The molecule has 2 heterocycles. The summed E-state index contributed by atoms with van der Waals surface area (Å²) in [6.45, 7) is 2.39. The van der Waals surface area contributed by atoms with E-state index in [1.165, 1.54) is 42.5 Å². The summed E-state index contributed by atoms with van der Waals surface area (Å²) in [5.41, 5.74) is 3.40. The van der Waals surface area contributed by atoms with Crippen molar-refractivity contribution in [2.24, 2.45) is 0 Å². The monoisotopic (exact) mass is 467 g/mol. The highest BCUT2D eigenvalue weighted by Gasteiger charge is 2.15. The van der Waals surface area contributed by atoms with Crippen molar-refractivity contribution in [2.45, 2.75) is 24.7 Å². The summed E-state index contributed by atoms with van der Waals surface area (Å²) in [4.78, 5) is 16.6. The molecule has 0 aliphatic carbocycles. The zero-order chi connectivity index (χ0) is 23.4. The van der Waals surface area contributed by atoms with Gasteiger partial charge in [-0.2, -0.15) is 5.10 Å².